The van der Waals surface area contributed by atoms with Crippen LogP contribution in [-0.2, 0) is 10.8 Å². The Morgan fingerprint density at radius 3 is 1.83 bits per heavy atom. The molecule has 8 aromatic rings. The van der Waals surface area contributed by atoms with Gasteiger partial charge in [0, 0.05) is 22.5 Å². The quantitative estimate of drug-likeness (QED) is 0.165. The molecule has 0 radical (unpaired) electrons. The molecule has 0 spiro atoms. The summed E-state index contributed by atoms with van der Waals surface area (Å²) in [6.07, 6.45) is 0. The van der Waals surface area contributed by atoms with Crippen molar-refractivity contribution in [1.29, 1.82) is 0 Å². The molecule has 0 fully saturated rings. The van der Waals surface area contributed by atoms with Crippen LogP contribution in [0, 0.1) is 0 Å². The summed E-state index contributed by atoms with van der Waals surface area (Å²) >= 11 is 0. The fourth-order valence-corrected chi connectivity index (χ4v) is 8.40. The molecular weight excluding hydrogens is 627 g/mol. The molecule has 0 atom stereocenters. The van der Waals surface area contributed by atoms with E-state index in [4.69, 9.17) is 0 Å². The number of hydrogen-bond acceptors (Lipinski definition) is 1. The molecule has 0 bridgehead atoms. The Labute approximate surface area is 307 Å². The average Bonchev–Trinajstić information content (AvgIpc) is 3.40. The topological polar surface area (TPSA) is 3.24 Å². The second-order valence-electron chi connectivity index (χ2n) is 15.9. The molecule has 8 aromatic carbocycles. The van der Waals surface area contributed by atoms with Crippen molar-refractivity contribution in [2.75, 3.05) is 4.90 Å². The van der Waals surface area contributed by atoms with Crippen molar-refractivity contribution in [3.8, 4) is 33.4 Å². The van der Waals surface area contributed by atoms with Crippen molar-refractivity contribution < 1.29 is 0 Å². The Kier molecular flexibility index (Phi) is 7.45. The lowest BCUT2D eigenvalue weighted by atomic mass is 9.82. The summed E-state index contributed by atoms with van der Waals surface area (Å²) < 4.78 is 0. The number of anilines is 3. The SMILES string of the molecule is CC(C)(C)c1cc(-c2ccccc2)ccc1N(c1ccc(-c2ccc3c(ccc4ccccc43)c2)cc1)c1ccc2c(c1)C(C)(C)c1ccccc1-2. The summed E-state index contributed by atoms with van der Waals surface area (Å²) in [5, 5.41) is 5.13. The van der Waals surface area contributed by atoms with Crippen LogP contribution in [-0.4, -0.2) is 0 Å². The zero-order valence-electron chi connectivity index (χ0n) is 30.6. The first-order valence-electron chi connectivity index (χ1n) is 18.4. The predicted molar refractivity (Wildman–Crippen MR) is 223 cm³/mol. The van der Waals surface area contributed by atoms with Crippen molar-refractivity contribution in [2.24, 2.45) is 0 Å². The molecule has 9 rings (SSSR count). The van der Waals surface area contributed by atoms with Gasteiger partial charge in [0.2, 0.25) is 0 Å². The van der Waals surface area contributed by atoms with Gasteiger partial charge >= 0.3 is 0 Å². The molecule has 1 nitrogen and oxygen atoms in total. The zero-order chi connectivity index (χ0) is 35.6. The van der Waals surface area contributed by atoms with E-state index in [-0.39, 0.29) is 10.8 Å². The Hall–Kier alpha value is -5.92. The maximum absolute atomic E-state index is 2.48. The highest BCUT2D eigenvalue weighted by atomic mass is 15.1. The van der Waals surface area contributed by atoms with E-state index in [1.807, 2.05) is 0 Å². The van der Waals surface area contributed by atoms with E-state index in [2.05, 4.69) is 209 Å². The monoisotopic (exact) mass is 669 g/mol. The van der Waals surface area contributed by atoms with Crippen molar-refractivity contribution in [3.63, 3.8) is 0 Å². The van der Waals surface area contributed by atoms with E-state index in [9.17, 15) is 0 Å². The molecule has 0 aromatic heterocycles. The van der Waals surface area contributed by atoms with Crippen LogP contribution in [0.4, 0.5) is 17.1 Å². The molecular formula is C51H43N. The third-order valence-corrected chi connectivity index (χ3v) is 11.2. The maximum Gasteiger partial charge on any atom is 0.0499 e. The Morgan fingerprint density at radius 1 is 0.423 bits per heavy atom. The minimum absolute atomic E-state index is 0.0943. The molecule has 0 aliphatic heterocycles. The summed E-state index contributed by atoms with van der Waals surface area (Å²) in [7, 11) is 0. The van der Waals surface area contributed by atoms with Gasteiger partial charge in [0.1, 0.15) is 0 Å². The molecule has 0 amide bonds. The van der Waals surface area contributed by atoms with Gasteiger partial charge < -0.3 is 4.90 Å². The van der Waals surface area contributed by atoms with Crippen LogP contribution in [0.3, 0.4) is 0 Å². The molecule has 252 valence electrons. The Bertz CT molecular complexity index is 2620. The van der Waals surface area contributed by atoms with Crippen molar-refractivity contribution in [3.05, 3.63) is 187 Å². The highest BCUT2D eigenvalue weighted by molar-refractivity contribution is 6.08. The zero-order valence-corrected chi connectivity index (χ0v) is 30.6. The van der Waals surface area contributed by atoms with Gasteiger partial charge in [0.25, 0.3) is 0 Å². The highest BCUT2D eigenvalue weighted by Gasteiger charge is 2.36. The van der Waals surface area contributed by atoms with Crippen LogP contribution < -0.4 is 4.90 Å². The highest BCUT2D eigenvalue weighted by Crippen LogP contribution is 2.51. The van der Waals surface area contributed by atoms with Crippen molar-refractivity contribution in [1.82, 2.24) is 0 Å². The van der Waals surface area contributed by atoms with Crippen LogP contribution in [0.1, 0.15) is 51.3 Å². The largest absolute Gasteiger partial charge is 0.310 e. The van der Waals surface area contributed by atoms with Gasteiger partial charge in [-0.2, -0.15) is 0 Å². The lowest BCUT2D eigenvalue weighted by Crippen LogP contribution is -2.20. The molecule has 1 heteroatoms. The number of nitrogens with zero attached hydrogens (tertiary/aromatic N) is 1. The van der Waals surface area contributed by atoms with Gasteiger partial charge in [-0.25, -0.2) is 0 Å². The van der Waals surface area contributed by atoms with Crippen molar-refractivity contribution in [2.45, 2.75) is 45.4 Å². The first-order valence-corrected chi connectivity index (χ1v) is 18.4. The molecule has 0 saturated heterocycles. The van der Waals surface area contributed by atoms with Crippen LogP contribution in [0.2, 0.25) is 0 Å². The average molecular weight is 670 g/mol. The Morgan fingerprint density at radius 2 is 1.02 bits per heavy atom. The second-order valence-corrected chi connectivity index (χ2v) is 15.9. The smallest absolute Gasteiger partial charge is 0.0499 e. The molecule has 0 saturated carbocycles. The van der Waals surface area contributed by atoms with E-state index < -0.39 is 0 Å². The van der Waals surface area contributed by atoms with Gasteiger partial charge in [-0.15, -0.1) is 0 Å². The fourth-order valence-electron chi connectivity index (χ4n) is 8.40. The van der Waals surface area contributed by atoms with Gasteiger partial charge in [0.05, 0.1) is 0 Å². The van der Waals surface area contributed by atoms with Gasteiger partial charge in [-0.3, -0.25) is 0 Å². The predicted octanol–water partition coefficient (Wildman–Crippen LogP) is 14.4. The van der Waals surface area contributed by atoms with Crippen LogP contribution in [0.5, 0.6) is 0 Å². The maximum atomic E-state index is 2.48. The lowest BCUT2D eigenvalue weighted by Gasteiger charge is -2.33. The van der Waals surface area contributed by atoms with Crippen LogP contribution in [0.15, 0.2) is 170 Å². The second kappa shape index (κ2) is 12.1. The molecule has 1 aliphatic rings. The number of hydrogen-bond donors (Lipinski definition) is 0. The Balaban J connectivity index is 1.19. The lowest BCUT2D eigenvalue weighted by molar-refractivity contribution is 0.591. The van der Waals surface area contributed by atoms with E-state index >= 15 is 0 Å². The summed E-state index contributed by atoms with van der Waals surface area (Å²) in [4.78, 5) is 2.48. The van der Waals surface area contributed by atoms with E-state index in [1.54, 1.807) is 0 Å². The number of fused-ring (bicyclic) bond motifs is 6. The molecule has 0 unspecified atom stereocenters. The summed E-state index contributed by atoms with van der Waals surface area (Å²) in [6.45, 7) is 11.7. The minimum atomic E-state index is -0.0974. The van der Waals surface area contributed by atoms with Gasteiger partial charge in [-0.1, -0.05) is 162 Å². The number of rotatable bonds is 5. The molecule has 0 heterocycles. The van der Waals surface area contributed by atoms with E-state index in [0.717, 1.165) is 5.69 Å². The van der Waals surface area contributed by atoms with Crippen LogP contribution in [0.25, 0.3) is 54.9 Å². The molecule has 1 aliphatic carbocycles. The first-order chi connectivity index (χ1) is 25.2. The van der Waals surface area contributed by atoms with Gasteiger partial charge in [-0.05, 0) is 119 Å². The normalized spacial score (nSPS) is 13.2. The fraction of sp³-hybridized carbons (Fsp3) is 0.137. The molecule has 0 N–H and O–H groups in total. The third kappa shape index (κ3) is 5.31. The van der Waals surface area contributed by atoms with E-state index in [0.29, 0.717) is 0 Å². The summed E-state index contributed by atoms with van der Waals surface area (Å²) in [6, 6.07) is 62.9. The molecule has 52 heavy (non-hydrogen) atoms. The number of benzene rings is 8. The van der Waals surface area contributed by atoms with Gasteiger partial charge in [0.15, 0.2) is 0 Å². The summed E-state index contributed by atoms with van der Waals surface area (Å²) in [5.41, 5.74) is 15.0. The van der Waals surface area contributed by atoms with E-state index in [1.165, 1.54) is 83.0 Å². The van der Waals surface area contributed by atoms with Crippen molar-refractivity contribution >= 4 is 38.6 Å². The first kappa shape index (κ1) is 32.0. The third-order valence-electron chi connectivity index (χ3n) is 11.2. The standard InChI is InChI=1S/C51H43N/c1-50(2,3)48-32-38(34-13-7-6-8-14-34)24-30-49(48)52(41-27-29-45-44-17-11-12-18-46(44)51(4,5)47(45)33-41)40-25-21-35(22-26-40)37-23-28-43-39(31-37)20-19-36-15-9-10-16-42(36)43/h6-33H,1-5H3. The van der Waals surface area contributed by atoms with Crippen LogP contribution >= 0.6 is 0 Å². The minimum Gasteiger partial charge on any atom is -0.310 e. The summed E-state index contributed by atoms with van der Waals surface area (Å²) in [5.74, 6) is 0.